The number of nitrogens with one attached hydrogen (secondary N) is 1. The van der Waals surface area contributed by atoms with Crippen molar-refractivity contribution in [2.75, 3.05) is 0 Å². The maximum Gasteiger partial charge on any atom is 0.0649 e. The molecule has 4 rings (SSSR count). The lowest BCUT2D eigenvalue weighted by atomic mass is 10.00. The summed E-state index contributed by atoms with van der Waals surface area (Å²) in [5.41, 5.74) is 1.59. The van der Waals surface area contributed by atoms with Crippen LogP contribution in [0.3, 0.4) is 0 Å². The Morgan fingerprint density at radius 1 is 1.22 bits per heavy atom. The number of thiophene rings is 1. The molecule has 1 aliphatic heterocycles. The van der Waals surface area contributed by atoms with E-state index in [0.717, 1.165) is 23.1 Å². The third-order valence-corrected chi connectivity index (χ3v) is 6.91. The van der Waals surface area contributed by atoms with Crippen LogP contribution in [0.15, 0.2) is 15.7 Å². The normalized spacial score (nSPS) is 31.7. The summed E-state index contributed by atoms with van der Waals surface area (Å²) in [4.78, 5) is 0. The van der Waals surface area contributed by atoms with E-state index in [-0.39, 0.29) is 0 Å². The van der Waals surface area contributed by atoms with Crippen molar-refractivity contribution in [1.29, 1.82) is 0 Å². The van der Waals surface area contributed by atoms with Gasteiger partial charge in [-0.25, -0.2) is 0 Å². The maximum atomic E-state index is 4.05. The number of fused-ring (bicyclic) bond motifs is 1. The number of rotatable bonds is 4. The molecule has 1 unspecified atom stereocenters. The minimum absolute atomic E-state index is 0.633. The van der Waals surface area contributed by atoms with Gasteiger partial charge in [-0.2, -0.15) is 0 Å². The molecule has 2 saturated carbocycles. The average Bonchev–Trinajstić information content (AvgIpc) is 3.24. The highest BCUT2D eigenvalue weighted by atomic mass is 32.2. The minimum Gasteiger partial charge on any atom is -0.307 e. The van der Waals surface area contributed by atoms with Crippen molar-refractivity contribution < 1.29 is 0 Å². The van der Waals surface area contributed by atoms with Gasteiger partial charge in [0.1, 0.15) is 0 Å². The number of hydrogen-bond donors (Lipinski definition) is 1. The van der Waals surface area contributed by atoms with E-state index in [9.17, 15) is 0 Å². The number of thioether (sulfide) groups is 1. The molecular weight excluding hydrogens is 258 g/mol. The van der Waals surface area contributed by atoms with Gasteiger partial charge in [0.25, 0.3) is 0 Å². The van der Waals surface area contributed by atoms with Crippen LogP contribution in [0.2, 0.25) is 0 Å². The van der Waals surface area contributed by atoms with Crippen molar-refractivity contribution in [3.05, 3.63) is 17.0 Å². The van der Waals surface area contributed by atoms with E-state index in [2.05, 4.69) is 35.4 Å². The first kappa shape index (κ1) is 11.8. The quantitative estimate of drug-likeness (QED) is 0.874. The van der Waals surface area contributed by atoms with Gasteiger partial charge in [-0.3, -0.25) is 0 Å². The highest BCUT2D eigenvalue weighted by molar-refractivity contribution is 8.01. The first-order valence-electron chi connectivity index (χ1n) is 7.31. The largest absolute Gasteiger partial charge is 0.307 e. The second-order valence-electron chi connectivity index (χ2n) is 6.25. The van der Waals surface area contributed by atoms with Crippen LogP contribution in [0.5, 0.6) is 0 Å². The van der Waals surface area contributed by atoms with Crippen LogP contribution in [-0.2, 0) is 0 Å². The van der Waals surface area contributed by atoms with Crippen molar-refractivity contribution in [1.82, 2.24) is 5.32 Å². The molecule has 1 aromatic heterocycles. The summed E-state index contributed by atoms with van der Waals surface area (Å²) >= 11 is 4.01. The Morgan fingerprint density at radius 2 is 1.94 bits per heavy atom. The van der Waals surface area contributed by atoms with Gasteiger partial charge in [0.05, 0.1) is 4.21 Å². The van der Waals surface area contributed by atoms with Gasteiger partial charge >= 0.3 is 0 Å². The van der Waals surface area contributed by atoms with Gasteiger partial charge in [-0.15, -0.1) is 23.1 Å². The zero-order valence-corrected chi connectivity index (χ0v) is 12.5. The lowest BCUT2D eigenvalue weighted by molar-refractivity contribution is 0.349. The highest BCUT2D eigenvalue weighted by Crippen LogP contribution is 2.48. The van der Waals surface area contributed by atoms with Crippen molar-refractivity contribution >= 4 is 23.1 Å². The van der Waals surface area contributed by atoms with Crippen molar-refractivity contribution in [2.24, 2.45) is 11.8 Å². The molecule has 2 atom stereocenters. The van der Waals surface area contributed by atoms with Crippen LogP contribution < -0.4 is 5.32 Å². The zero-order chi connectivity index (χ0) is 12.1. The maximum absolute atomic E-state index is 4.05. The highest BCUT2D eigenvalue weighted by Gasteiger charge is 2.43. The predicted octanol–water partition coefficient (Wildman–Crippen LogP) is 4.45. The summed E-state index contributed by atoms with van der Waals surface area (Å²) in [7, 11) is 0. The second kappa shape index (κ2) is 4.53. The lowest BCUT2D eigenvalue weighted by Gasteiger charge is -2.31. The second-order valence-corrected chi connectivity index (χ2v) is 8.87. The Balaban J connectivity index is 1.53. The fourth-order valence-corrected chi connectivity index (χ4v) is 5.87. The molecule has 0 radical (unpaired) electrons. The van der Waals surface area contributed by atoms with Crippen LogP contribution in [0.4, 0.5) is 0 Å². The molecule has 0 aromatic carbocycles. The summed E-state index contributed by atoms with van der Waals surface area (Å²) in [5.74, 6) is 2.01. The molecule has 2 heterocycles. The first-order valence-corrected chi connectivity index (χ1v) is 9.07. The molecule has 2 aliphatic carbocycles. The molecule has 1 aromatic rings. The Bertz CT molecular complexity index is 421. The topological polar surface area (TPSA) is 12.0 Å². The lowest BCUT2D eigenvalue weighted by Crippen LogP contribution is -2.38. The van der Waals surface area contributed by atoms with E-state index >= 15 is 0 Å². The molecule has 18 heavy (non-hydrogen) atoms. The minimum atomic E-state index is 0.633. The Morgan fingerprint density at radius 3 is 2.61 bits per heavy atom. The summed E-state index contributed by atoms with van der Waals surface area (Å²) in [6.45, 7) is 2.38. The van der Waals surface area contributed by atoms with Crippen LogP contribution in [-0.4, -0.2) is 11.3 Å². The van der Waals surface area contributed by atoms with E-state index in [1.807, 2.05) is 11.3 Å². The van der Waals surface area contributed by atoms with Gasteiger partial charge < -0.3 is 5.32 Å². The monoisotopic (exact) mass is 279 g/mol. The predicted molar refractivity (Wildman–Crippen MR) is 79.4 cm³/mol. The molecule has 0 saturated heterocycles. The molecule has 3 heteroatoms. The Hall–Kier alpha value is 0.01000. The van der Waals surface area contributed by atoms with Gasteiger partial charge in [-0.05, 0) is 60.9 Å². The van der Waals surface area contributed by atoms with Crippen molar-refractivity contribution in [3.8, 4) is 0 Å². The van der Waals surface area contributed by atoms with Crippen LogP contribution in [0, 0.1) is 11.8 Å². The van der Waals surface area contributed by atoms with Gasteiger partial charge in [0.2, 0.25) is 0 Å². The molecule has 2 fully saturated rings. The average molecular weight is 279 g/mol. The van der Waals surface area contributed by atoms with Crippen LogP contribution >= 0.6 is 23.1 Å². The molecule has 0 bridgehead atoms. The third-order valence-electron chi connectivity index (χ3n) is 4.56. The summed E-state index contributed by atoms with van der Waals surface area (Å²) < 4.78 is 1.57. The molecule has 3 aliphatic rings. The van der Waals surface area contributed by atoms with E-state index in [1.165, 1.54) is 32.1 Å². The number of hydrogen-bond acceptors (Lipinski definition) is 3. The van der Waals surface area contributed by atoms with Crippen molar-refractivity contribution in [3.63, 3.8) is 0 Å². The third kappa shape index (κ3) is 2.25. The molecule has 1 N–H and O–H groups in total. The summed E-state index contributed by atoms with van der Waals surface area (Å²) in [5, 5.41) is 7.09. The molecule has 0 amide bonds. The molecule has 1 nitrogen and oxygen atoms in total. The van der Waals surface area contributed by atoms with E-state index in [0.29, 0.717) is 6.04 Å². The zero-order valence-electron chi connectivity index (χ0n) is 10.9. The molecule has 98 valence electrons. The van der Waals surface area contributed by atoms with Gasteiger partial charge in [0.15, 0.2) is 0 Å². The van der Waals surface area contributed by atoms with E-state index < -0.39 is 0 Å². The smallest absolute Gasteiger partial charge is 0.0649 e. The van der Waals surface area contributed by atoms with E-state index in [1.54, 1.807) is 9.77 Å². The Kier molecular flexibility index (Phi) is 2.97. The first-order chi connectivity index (χ1) is 8.81. The van der Waals surface area contributed by atoms with Crippen LogP contribution in [0.25, 0.3) is 0 Å². The van der Waals surface area contributed by atoms with Gasteiger partial charge in [0, 0.05) is 17.3 Å². The molecular formula is C15H21NS2. The Labute approximate surface area is 118 Å². The van der Waals surface area contributed by atoms with Crippen LogP contribution in [0.1, 0.15) is 50.6 Å². The SMILES string of the molecule is C[C@H]1CC(NC(C2CC2)C2CC2)c2ccsc2S1. The van der Waals surface area contributed by atoms with E-state index in [4.69, 9.17) is 0 Å². The van der Waals surface area contributed by atoms with Crippen molar-refractivity contribution in [2.45, 2.75) is 60.6 Å². The fraction of sp³-hybridized carbons (Fsp3) is 0.733. The molecule has 0 spiro atoms. The summed E-state index contributed by atoms with van der Waals surface area (Å²) in [6, 6.07) is 3.82. The van der Waals surface area contributed by atoms with Gasteiger partial charge in [-0.1, -0.05) is 6.92 Å². The standard InChI is InChI=1S/C15H21NS2/c1-9-8-13(12-6-7-17-15(12)18-9)16-14(10-2-3-10)11-4-5-11/h6-7,9-11,13-14,16H,2-5,8H2,1H3/t9-,13?/m0/s1. The fourth-order valence-electron chi connectivity index (χ4n) is 3.31. The summed E-state index contributed by atoms with van der Waals surface area (Å²) in [6.07, 6.45) is 7.21.